The van der Waals surface area contributed by atoms with Crippen LogP contribution in [-0.4, -0.2) is 35.2 Å². The summed E-state index contributed by atoms with van der Waals surface area (Å²) in [6.45, 7) is 2.98. The number of amides is 1. The van der Waals surface area contributed by atoms with E-state index in [0.29, 0.717) is 19.6 Å². The summed E-state index contributed by atoms with van der Waals surface area (Å²) in [5.41, 5.74) is 2.04. The molecule has 1 aliphatic rings. The van der Waals surface area contributed by atoms with E-state index in [2.05, 4.69) is 0 Å². The maximum Gasteiger partial charge on any atom is 0.234 e. The van der Waals surface area contributed by atoms with E-state index in [1.165, 1.54) is 0 Å². The first kappa shape index (κ1) is 16.5. The van der Waals surface area contributed by atoms with Crippen LogP contribution >= 0.6 is 0 Å². The third-order valence-corrected chi connectivity index (χ3v) is 4.56. The molecule has 1 amide bonds. The van der Waals surface area contributed by atoms with Crippen LogP contribution in [0.15, 0.2) is 54.6 Å². The lowest BCUT2D eigenvalue weighted by molar-refractivity contribution is -0.136. The lowest BCUT2D eigenvalue weighted by Gasteiger charge is -2.31. The Morgan fingerprint density at radius 2 is 1.92 bits per heavy atom. The second kappa shape index (κ2) is 7.49. The summed E-state index contributed by atoms with van der Waals surface area (Å²) in [4.78, 5) is 15.1. The normalized spacial score (nSPS) is 17.0. The van der Waals surface area contributed by atoms with E-state index >= 15 is 0 Å². The zero-order valence-electron chi connectivity index (χ0n) is 13.9. The number of aliphatic hydroxyl groups is 1. The van der Waals surface area contributed by atoms with Gasteiger partial charge in [0.2, 0.25) is 5.91 Å². The lowest BCUT2D eigenvalue weighted by atomic mass is 9.98. The fourth-order valence-corrected chi connectivity index (χ4v) is 3.14. The Morgan fingerprint density at radius 1 is 1.21 bits per heavy atom. The Bertz CT molecular complexity index is 686. The van der Waals surface area contributed by atoms with E-state index < -0.39 is 0 Å². The van der Waals surface area contributed by atoms with Gasteiger partial charge in [0, 0.05) is 24.8 Å². The van der Waals surface area contributed by atoms with Gasteiger partial charge in [0.1, 0.15) is 18.3 Å². The molecule has 1 heterocycles. The fraction of sp³-hybridized carbons (Fsp3) is 0.350. The summed E-state index contributed by atoms with van der Waals surface area (Å²) in [5, 5.41) is 9.29. The van der Waals surface area contributed by atoms with Gasteiger partial charge in [-0.1, -0.05) is 48.5 Å². The average Bonchev–Trinajstić information content (AvgIpc) is 3.04. The highest BCUT2D eigenvalue weighted by Gasteiger charge is 2.34. The molecule has 2 unspecified atom stereocenters. The number of benzene rings is 2. The van der Waals surface area contributed by atoms with Crippen LogP contribution in [0.4, 0.5) is 0 Å². The number of aliphatic hydroxyl groups excluding tert-OH is 1. The fourth-order valence-electron chi connectivity index (χ4n) is 3.14. The second-order valence-corrected chi connectivity index (χ2v) is 6.21. The lowest BCUT2D eigenvalue weighted by Crippen LogP contribution is -2.41. The van der Waals surface area contributed by atoms with E-state index in [9.17, 15) is 9.90 Å². The van der Waals surface area contributed by atoms with Crippen LogP contribution in [-0.2, 0) is 11.3 Å². The second-order valence-electron chi connectivity index (χ2n) is 6.21. The topological polar surface area (TPSA) is 49.8 Å². The molecule has 0 aliphatic carbocycles. The smallest absolute Gasteiger partial charge is 0.234 e. The van der Waals surface area contributed by atoms with Crippen LogP contribution in [0.1, 0.15) is 30.4 Å². The molecule has 1 N–H and O–H groups in total. The molecule has 0 radical (unpaired) electrons. The molecule has 4 nitrogen and oxygen atoms in total. The maximum absolute atomic E-state index is 13.2. The Hall–Kier alpha value is -2.33. The summed E-state index contributed by atoms with van der Waals surface area (Å²) in [6, 6.07) is 17.6. The summed E-state index contributed by atoms with van der Waals surface area (Å²) in [5.74, 6) is 0.584. The zero-order chi connectivity index (χ0) is 16.9. The van der Waals surface area contributed by atoms with Crippen molar-refractivity contribution in [3.05, 3.63) is 65.7 Å². The van der Waals surface area contributed by atoms with E-state index in [4.69, 9.17) is 4.74 Å². The summed E-state index contributed by atoms with van der Waals surface area (Å²) < 4.78 is 5.68. The van der Waals surface area contributed by atoms with Crippen molar-refractivity contribution in [2.45, 2.75) is 31.8 Å². The Labute approximate surface area is 142 Å². The van der Waals surface area contributed by atoms with Crippen molar-refractivity contribution in [3.63, 3.8) is 0 Å². The molecule has 0 bridgehead atoms. The summed E-state index contributed by atoms with van der Waals surface area (Å²) in [7, 11) is 0. The molecule has 1 aliphatic heterocycles. The van der Waals surface area contributed by atoms with Crippen molar-refractivity contribution >= 4 is 5.91 Å². The van der Waals surface area contributed by atoms with Gasteiger partial charge < -0.3 is 14.7 Å². The highest BCUT2D eigenvalue weighted by Crippen LogP contribution is 2.35. The number of rotatable bonds is 6. The minimum absolute atomic E-state index is 0.0320. The minimum atomic E-state index is -0.272. The van der Waals surface area contributed by atoms with Crippen LogP contribution in [0.5, 0.6) is 5.75 Å². The van der Waals surface area contributed by atoms with E-state index in [0.717, 1.165) is 16.9 Å². The molecule has 0 saturated carbocycles. The van der Waals surface area contributed by atoms with Gasteiger partial charge >= 0.3 is 0 Å². The Kier molecular flexibility index (Phi) is 5.16. The van der Waals surface area contributed by atoms with Crippen LogP contribution in [0.3, 0.4) is 0 Å². The Morgan fingerprint density at radius 3 is 2.67 bits per heavy atom. The highest BCUT2D eigenvalue weighted by atomic mass is 16.5. The van der Waals surface area contributed by atoms with E-state index in [1.807, 2.05) is 66.4 Å². The number of hydrogen-bond acceptors (Lipinski definition) is 3. The third kappa shape index (κ3) is 3.44. The van der Waals surface area contributed by atoms with Gasteiger partial charge in [-0.25, -0.2) is 0 Å². The van der Waals surface area contributed by atoms with Crippen molar-refractivity contribution in [1.82, 2.24) is 4.90 Å². The van der Waals surface area contributed by atoms with Crippen LogP contribution in [0, 0.1) is 0 Å². The van der Waals surface area contributed by atoms with Gasteiger partial charge in [-0.05, 0) is 25.0 Å². The molecule has 0 fully saturated rings. The SMILES string of the molecule is CC(CCO)N(Cc1ccccc1)C(=O)C1COc2ccccc21. The maximum atomic E-state index is 13.2. The molecular formula is C20H23NO3. The van der Waals surface area contributed by atoms with Crippen molar-refractivity contribution in [2.24, 2.45) is 0 Å². The molecule has 4 heteroatoms. The highest BCUT2D eigenvalue weighted by molar-refractivity contribution is 5.85. The van der Waals surface area contributed by atoms with Gasteiger partial charge in [-0.15, -0.1) is 0 Å². The van der Waals surface area contributed by atoms with Crippen molar-refractivity contribution in [1.29, 1.82) is 0 Å². The predicted molar refractivity (Wildman–Crippen MR) is 92.8 cm³/mol. The number of carbonyl (C=O) groups excluding carboxylic acids is 1. The van der Waals surface area contributed by atoms with E-state index in [1.54, 1.807) is 0 Å². The molecule has 0 saturated heterocycles. The quantitative estimate of drug-likeness (QED) is 0.888. The van der Waals surface area contributed by atoms with Gasteiger partial charge in [-0.2, -0.15) is 0 Å². The minimum Gasteiger partial charge on any atom is -0.492 e. The largest absolute Gasteiger partial charge is 0.492 e. The first-order valence-electron chi connectivity index (χ1n) is 8.37. The molecule has 24 heavy (non-hydrogen) atoms. The van der Waals surface area contributed by atoms with E-state index in [-0.39, 0.29) is 24.5 Å². The Balaban J connectivity index is 1.84. The predicted octanol–water partition coefficient (Wildman–Crippen LogP) is 2.96. The first-order valence-corrected chi connectivity index (χ1v) is 8.37. The van der Waals surface area contributed by atoms with Crippen LogP contribution in [0.2, 0.25) is 0 Å². The monoisotopic (exact) mass is 325 g/mol. The molecule has 0 spiro atoms. The molecule has 0 aromatic heterocycles. The standard InChI is InChI=1S/C20H23NO3/c1-15(11-12-22)21(13-16-7-3-2-4-8-16)20(23)18-14-24-19-10-6-5-9-17(18)19/h2-10,15,18,22H,11-14H2,1H3. The number of nitrogens with zero attached hydrogens (tertiary/aromatic N) is 1. The van der Waals surface area contributed by atoms with Gasteiger partial charge in [0.05, 0.1) is 0 Å². The number of carbonyl (C=O) groups is 1. The number of hydrogen-bond donors (Lipinski definition) is 1. The third-order valence-electron chi connectivity index (χ3n) is 4.56. The van der Waals surface area contributed by atoms with Gasteiger partial charge in [-0.3, -0.25) is 4.79 Å². The summed E-state index contributed by atoms with van der Waals surface area (Å²) >= 11 is 0. The molecule has 2 atom stereocenters. The average molecular weight is 325 g/mol. The number of ether oxygens (including phenoxy) is 1. The molecule has 3 rings (SSSR count). The molecule has 126 valence electrons. The van der Waals surface area contributed by atoms with Crippen LogP contribution < -0.4 is 4.74 Å². The van der Waals surface area contributed by atoms with Crippen molar-refractivity contribution in [3.8, 4) is 5.75 Å². The van der Waals surface area contributed by atoms with Gasteiger partial charge in [0.25, 0.3) is 0 Å². The van der Waals surface area contributed by atoms with Crippen molar-refractivity contribution in [2.75, 3.05) is 13.2 Å². The summed E-state index contributed by atoms with van der Waals surface area (Å²) in [6.07, 6.45) is 0.563. The van der Waals surface area contributed by atoms with Crippen LogP contribution in [0.25, 0.3) is 0 Å². The molecule has 2 aromatic carbocycles. The molecule has 2 aromatic rings. The molecular weight excluding hydrogens is 302 g/mol. The number of para-hydroxylation sites is 1. The first-order chi connectivity index (χ1) is 11.7. The zero-order valence-corrected chi connectivity index (χ0v) is 13.9. The van der Waals surface area contributed by atoms with Gasteiger partial charge in [0.15, 0.2) is 0 Å². The van der Waals surface area contributed by atoms with Crippen molar-refractivity contribution < 1.29 is 14.6 Å². The number of fused-ring (bicyclic) bond motifs is 1.